The fourth-order valence-electron chi connectivity index (χ4n) is 2.70. The second-order valence-corrected chi connectivity index (χ2v) is 8.02. The molecule has 30 heavy (non-hydrogen) atoms. The Hall–Kier alpha value is -2.29. The van der Waals surface area contributed by atoms with E-state index in [9.17, 15) is 9.18 Å². The molecule has 0 saturated heterocycles. The van der Waals surface area contributed by atoms with Crippen LogP contribution in [-0.4, -0.2) is 26.4 Å². The van der Waals surface area contributed by atoms with Gasteiger partial charge in [-0.15, -0.1) is 10.2 Å². The summed E-state index contributed by atoms with van der Waals surface area (Å²) in [5.41, 5.74) is 0.141. The average Bonchev–Trinajstić information content (AvgIpc) is 3.13. The minimum Gasteiger partial charge on any atom is -0.481 e. The maximum atomic E-state index is 13.7. The molecular weight excluding hydrogens is 450 g/mol. The number of anilines is 1. The molecule has 0 aliphatic rings. The number of halogens is 3. The van der Waals surface area contributed by atoms with Crippen LogP contribution in [0.25, 0.3) is 0 Å². The molecule has 10 heteroatoms. The van der Waals surface area contributed by atoms with Gasteiger partial charge in [-0.3, -0.25) is 4.79 Å². The summed E-state index contributed by atoms with van der Waals surface area (Å²) in [5, 5.41) is 12.4. The molecule has 3 rings (SSSR count). The molecule has 1 aromatic heterocycles. The molecule has 2 aromatic carbocycles. The lowest BCUT2D eigenvalue weighted by Gasteiger charge is -2.16. The van der Waals surface area contributed by atoms with Crippen molar-refractivity contribution in [2.75, 3.05) is 11.1 Å². The van der Waals surface area contributed by atoms with E-state index in [-0.39, 0.29) is 17.3 Å². The highest BCUT2D eigenvalue weighted by atomic mass is 35.5. The van der Waals surface area contributed by atoms with Gasteiger partial charge < -0.3 is 14.6 Å². The van der Waals surface area contributed by atoms with Crippen molar-refractivity contribution in [1.82, 2.24) is 14.8 Å². The van der Waals surface area contributed by atoms with Crippen LogP contribution in [0.1, 0.15) is 25.8 Å². The SMILES string of the molecule is CCn1c(SCC(=O)Nc2ccccc2F)nnc1C(C)Oc1ccc(Cl)cc1Cl. The molecule has 0 radical (unpaired) electrons. The zero-order valence-corrected chi connectivity index (χ0v) is 18.6. The molecule has 0 fully saturated rings. The summed E-state index contributed by atoms with van der Waals surface area (Å²) in [6, 6.07) is 11.0. The summed E-state index contributed by atoms with van der Waals surface area (Å²) in [4.78, 5) is 12.2. The molecule has 0 bridgehead atoms. The number of rotatable bonds is 8. The Morgan fingerprint density at radius 2 is 2.03 bits per heavy atom. The van der Waals surface area contributed by atoms with Crippen molar-refractivity contribution >= 4 is 46.6 Å². The van der Waals surface area contributed by atoms with E-state index >= 15 is 0 Å². The second-order valence-electron chi connectivity index (χ2n) is 6.24. The van der Waals surface area contributed by atoms with E-state index in [2.05, 4.69) is 15.5 Å². The van der Waals surface area contributed by atoms with Gasteiger partial charge in [-0.05, 0) is 44.2 Å². The second kappa shape index (κ2) is 10.1. The molecule has 0 aliphatic carbocycles. The van der Waals surface area contributed by atoms with Gasteiger partial charge in [0.1, 0.15) is 11.6 Å². The summed E-state index contributed by atoms with van der Waals surface area (Å²) in [6.07, 6.45) is -0.433. The Bertz CT molecular complexity index is 1050. The number of carbonyl (C=O) groups is 1. The summed E-state index contributed by atoms with van der Waals surface area (Å²) < 4.78 is 21.4. The predicted octanol–water partition coefficient (Wildman–Crippen LogP) is 5.61. The molecule has 0 saturated carbocycles. The first-order valence-corrected chi connectivity index (χ1v) is 10.8. The molecule has 1 amide bonds. The zero-order valence-electron chi connectivity index (χ0n) is 16.2. The van der Waals surface area contributed by atoms with Crippen LogP contribution in [0.2, 0.25) is 10.0 Å². The smallest absolute Gasteiger partial charge is 0.234 e. The molecule has 1 atom stereocenters. The number of aromatic nitrogens is 3. The summed E-state index contributed by atoms with van der Waals surface area (Å²) in [5.74, 6) is 0.319. The number of hydrogen-bond donors (Lipinski definition) is 1. The lowest BCUT2D eigenvalue weighted by Crippen LogP contribution is -2.16. The van der Waals surface area contributed by atoms with Gasteiger partial charge in [0.05, 0.1) is 16.5 Å². The quantitative estimate of drug-likeness (QED) is 0.434. The largest absolute Gasteiger partial charge is 0.481 e. The molecule has 1 unspecified atom stereocenters. The van der Waals surface area contributed by atoms with Crippen LogP contribution in [0.3, 0.4) is 0 Å². The summed E-state index contributed by atoms with van der Waals surface area (Å²) >= 11 is 13.3. The number of nitrogens with zero attached hydrogens (tertiary/aromatic N) is 3. The normalized spacial score (nSPS) is 11.9. The van der Waals surface area contributed by atoms with Crippen LogP contribution in [0.5, 0.6) is 5.75 Å². The van der Waals surface area contributed by atoms with Crippen molar-refractivity contribution in [1.29, 1.82) is 0 Å². The van der Waals surface area contributed by atoms with Gasteiger partial charge in [0.2, 0.25) is 5.91 Å². The van der Waals surface area contributed by atoms with E-state index in [1.54, 1.807) is 30.3 Å². The molecule has 1 N–H and O–H groups in total. The van der Waals surface area contributed by atoms with Crippen molar-refractivity contribution in [2.45, 2.75) is 31.7 Å². The third-order valence-corrected chi connectivity index (χ3v) is 5.60. The van der Waals surface area contributed by atoms with Gasteiger partial charge in [-0.2, -0.15) is 0 Å². The number of para-hydroxylation sites is 1. The summed E-state index contributed by atoms with van der Waals surface area (Å²) in [7, 11) is 0. The topological polar surface area (TPSA) is 69.0 Å². The van der Waals surface area contributed by atoms with E-state index in [0.717, 1.165) is 0 Å². The van der Waals surface area contributed by atoms with Crippen molar-refractivity contribution in [3.8, 4) is 5.75 Å². The van der Waals surface area contributed by atoms with E-state index < -0.39 is 11.9 Å². The highest BCUT2D eigenvalue weighted by Gasteiger charge is 2.20. The van der Waals surface area contributed by atoms with E-state index in [1.165, 1.54) is 23.9 Å². The Morgan fingerprint density at radius 1 is 1.27 bits per heavy atom. The van der Waals surface area contributed by atoms with Crippen LogP contribution in [0, 0.1) is 5.82 Å². The Labute approximate surface area is 187 Å². The average molecular weight is 469 g/mol. The first-order chi connectivity index (χ1) is 14.4. The maximum Gasteiger partial charge on any atom is 0.234 e. The van der Waals surface area contributed by atoms with Crippen molar-refractivity contribution < 1.29 is 13.9 Å². The van der Waals surface area contributed by atoms with Gasteiger partial charge in [-0.1, -0.05) is 47.1 Å². The number of hydrogen-bond acceptors (Lipinski definition) is 5. The Kier molecular flexibility index (Phi) is 7.58. The number of carbonyl (C=O) groups excluding carboxylic acids is 1. The number of nitrogens with one attached hydrogen (secondary N) is 1. The number of ether oxygens (including phenoxy) is 1. The van der Waals surface area contributed by atoms with Gasteiger partial charge in [-0.25, -0.2) is 4.39 Å². The van der Waals surface area contributed by atoms with Crippen LogP contribution in [0.4, 0.5) is 10.1 Å². The van der Waals surface area contributed by atoms with Gasteiger partial charge in [0, 0.05) is 11.6 Å². The number of benzene rings is 2. The van der Waals surface area contributed by atoms with Gasteiger partial charge >= 0.3 is 0 Å². The minimum atomic E-state index is -0.485. The molecular formula is C20H19Cl2FN4O2S. The fourth-order valence-corrected chi connectivity index (χ4v) is 3.96. The van der Waals surface area contributed by atoms with Crippen molar-refractivity contribution in [2.24, 2.45) is 0 Å². The minimum absolute atomic E-state index is 0.0602. The molecule has 1 heterocycles. The maximum absolute atomic E-state index is 13.7. The van der Waals surface area contributed by atoms with E-state index in [0.29, 0.717) is 33.3 Å². The van der Waals surface area contributed by atoms with Crippen LogP contribution in [-0.2, 0) is 11.3 Å². The monoisotopic (exact) mass is 468 g/mol. The molecule has 6 nitrogen and oxygen atoms in total. The zero-order chi connectivity index (χ0) is 21.7. The lowest BCUT2D eigenvalue weighted by atomic mass is 10.3. The molecule has 0 spiro atoms. The molecule has 158 valence electrons. The standard InChI is InChI=1S/C20H19Cl2FN4O2S/c1-3-27-19(12(2)29-17-9-8-13(21)10-14(17)22)25-26-20(27)30-11-18(28)24-16-7-5-4-6-15(16)23/h4-10,12H,3,11H2,1-2H3,(H,24,28). The third-order valence-electron chi connectivity index (χ3n) is 4.10. The molecule has 0 aliphatic heterocycles. The van der Waals surface area contributed by atoms with Crippen LogP contribution in [0.15, 0.2) is 47.6 Å². The first kappa shape index (κ1) is 22.4. The highest BCUT2D eigenvalue weighted by Crippen LogP contribution is 2.31. The predicted molar refractivity (Wildman–Crippen MR) is 117 cm³/mol. The highest BCUT2D eigenvalue weighted by molar-refractivity contribution is 7.99. The number of amides is 1. The van der Waals surface area contributed by atoms with Crippen molar-refractivity contribution in [3.63, 3.8) is 0 Å². The van der Waals surface area contributed by atoms with Gasteiger partial charge in [0.15, 0.2) is 17.1 Å². The van der Waals surface area contributed by atoms with Crippen molar-refractivity contribution in [3.05, 3.63) is 64.2 Å². The van der Waals surface area contributed by atoms with Crippen LogP contribution >= 0.6 is 35.0 Å². The Morgan fingerprint density at radius 3 is 2.73 bits per heavy atom. The van der Waals surface area contributed by atoms with Gasteiger partial charge in [0.25, 0.3) is 0 Å². The van der Waals surface area contributed by atoms with Crippen LogP contribution < -0.4 is 10.1 Å². The Balaban J connectivity index is 1.66. The fraction of sp³-hybridized carbons (Fsp3) is 0.250. The third kappa shape index (κ3) is 5.44. The number of thioether (sulfide) groups is 1. The first-order valence-electron chi connectivity index (χ1n) is 9.11. The lowest BCUT2D eigenvalue weighted by molar-refractivity contribution is -0.113. The van der Waals surface area contributed by atoms with E-state index in [1.807, 2.05) is 18.4 Å². The molecule has 3 aromatic rings. The summed E-state index contributed by atoms with van der Waals surface area (Å²) in [6.45, 7) is 4.36. The van der Waals surface area contributed by atoms with E-state index in [4.69, 9.17) is 27.9 Å².